The minimum Gasteiger partial charge on any atom is -0.321 e. The Morgan fingerprint density at radius 1 is 1.14 bits per heavy atom. The third-order valence-corrected chi connectivity index (χ3v) is 4.53. The van der Waals surface area contributed by atoms with Crippen LogP contribution in [0.4, 0.5) is 5.69 Å². The first kappa shape index (κ1) is 16.7. The maximum Gasteiger partial charge on any atom is 0.255 e. The second kappa shape index (κ2) is 6.62. The highest BCUT2D eigenvalue weighted by atomic mass is 79.9. The van der Waals surface area contributed by atoms with Crippen LogP contribution in [0.15, 0.2) is 46.9 Å². The molecule has 4 nitrogen and oxygen atoms in total. The summed E-state index contributed by atoms with van der Waals surface area (Å²) in [6.07, 6.45) is 1.18. The number of nitrogens with one attached hydrogen (secondary N) is 1. The highest BCUT2D eigenvalue weighted by Crippen LogP contribution is 2.24. The lowest BCUT2D eigenvalue weighted by atomic mass is 10.1. The molecule has 0 radical (unpaired) electrons. The molecule has 0 fully saturated rings. The lowest BCUT2D eigenvalue weighted by Crippen LogP contribution is -2.12. The van der Waals surface area contributed by atoms with Crippen LogP contribution in [0, 0.1) is 6.92 Å². The van der Waals surface area contributed by atoms with Gasteiger partial charge < -0.3 is 5.32 Å². The Bertz CT molecular complexity index is 799. The maximum atomic E-state index is 12.2. The Morgan fingerprint density at radius 2 is 1.77 bits per heavy atom. The number of hydrogen-bond donors (Lipinski definition) is 1. The van der Waals surface area contributed by atoms with Crippen molar-refractivity contribution in [2.24, 2.45) is 0 Å². The minimum absolute atomic E-state index is 0.0294. The van der Waals surface area contributed by atoms with Gasteiger partial charge in [0, 0.05) is 16.3 Å². The number of sulfone groups is 1. The van der Waals surface area contributed by atoms with Gasteiger partial charge >= 0.3 is 0 Å². The van der Waals surface area contributed by atoms with Crippen LogP contribution in [0.5, 0.6) is 0 Å². The number of rotatable bonds is 4. The third kappa shape index (κ3) is 4.68. The molecule has 1 N–H and O–H groups in total. The molecule has 0 aliphatic rings. The molecular weight excluding hydrogens is 366 g/mol. The summed E-state index contributed by atoms with van der Waals surface area (Å²) in [5.74, 6) is -0.270. The zero-order chi connectivity index (χ0) is 16.3. The van der Waals surface area contributed by atoms with Crippen LogP contribution in [0.3, 0.4) is 0 Å². The molecule has 0 aliphatic heterocycles. The van der Waals surface area contributed by atoms with Crippen molar-refractivity contribution >= 4 is 37.4 Å². The number of hydrogen-bond acceptors (Lipinski definition) is 3. The van der Waals surface area contributed by atoms with E-state index in [0.717, 1.165) is 10.0 Å². The highest BCUT2D eigenvalue weighted by Gasteiger charge is 2.10. The standard InChI is InChI=1S/C16H16BrNO3S/c1-11-3-8-15(14(17)9-11)18-16(19)13-6-4-12(5-7-13)10-22(2,20)21/h3-9H,10H2,1-2H3,(H,18,19). The van der Waals surface area contributed by atoms with E-state index >= 15 is 0 Å². The predicted octanol–water partition coefficient (Wildman–Crippen LogP) is 3.55. The van der Waals surface area contributed by atoms with E-state index in [1.165, 1.54) is 6.26 Å². The van der Waals surface area contributed by atoms with Gasteiger partial charge in [-0.05, 0) is 58.2 Å². The van der Waals surface area contributed by atoms with Crippen LogP contribution in [0.25, 0.3) is 0 Å². The van der Waals surface area contributed by atoms with Crippen LogP contribution in [0.1, 0.15) is 21.5 Å². The van der Waals surface area contributed by atoms with Crippen molar-refractivity contribution in [3.8, 4) is 0 Å². The molecule has 2 rings (SSSR count). The SMILES string of the molecule is Cc1ccc(NC(=O)c2ccc(CS(C)(=O)=O)cc2)c(Br)c1. The van der Waals surface area contributed by atoms with E-state index in [9.17, 15) is 13.2 Å². The number of aryl methyl sites for hydroxylation is 1. The topological polar surface area (TPSA) is 63.2 Å². The molecule has 1 amide bonds. The molecule has 0 saturated heterocycles. The lowest BCUT2D eigenvalue weighted by molar-refractivity contribution is 0.102. The highest BCUT2D eigenvalue weighted by molar-refractivity contribution is 9.10. The van der Waals surface area contributed by atoms with Gasteiger partial charge in [-0.2, -0.15) is 0 Å². The van der Waals surface area contributed by atoms with E-state index in [4.69, 9.17) is 0 Å². The summed E-state index contributed by atoms with van der Waals surface area (Å²) in [5.41, 5.74) is 2.92. The van der Waals surface area contributed by atoms with Crippen molar-refractivity contribution < 1.29 is 13.2 Å². The lowest BCUT2D eigenvalue weighted by Gasteiger charge is -2.08. The predicted molar refractivity (Wildman–Crippen MR) is 91.8 cm³/mol. The van der Waals surface area contributed by atoms with Crippen LogP contribution < -0.4 is 5.32 Å². The summed E-state index contributed by atoms with van der Waals surface area (Å²) in [4.78, 5) is 12.2. The first-order valence-electron chi connectivity index (χ1n) is 6.59. The number of anilines is 1. The Kier molecular flexibility index (Phi) is 5.03. The van der Waals surface area contributed by atoms with Crippen molar-refractivity contribution in [2.45, 2.75) is 12.7 Å². The monoisotopic (exact) mass is 381 g/mol. The van der Waals surface area contributed by atoms with Gasteiger partial charge in [-0.25, -0.2) is 8.42 Å². The van der Waals surface area contributed by atoms with Gasteiger partial charge in [0.2, 0.25) is 0 Å². The largest absolute Gasteiger partial charge is 0.321 e. The summed E-state index contributed by atoms with van der Waals surface area (Å²) in [7, 11) is -3.08. The molecule has 2 aromatic carbocycles. The van der Waals surface area contributed by atoms with E-state index in [0.29, 0.717) is 16.8 Å². The quantitative estimate of drug-likeness (QED) is 0.880. The summed E-state index contributed by atoms with van der Waals surface area (Å²) < 4.78 is 23.3. The number of carbonyl (C=O) groups excluding carboxylic acids is 1. The van der Waals surface area contributed by atoms with E-state index in [-0.39, 0.29) is 11.7 Å². The molecule has 0 spiro atoms. The molecule has 0 heterocycles. The summed E-state index contributed by atoms with van der Waals surface area (Å²) in [6, 6.07) is 12.2. The first-order chi connectivity index (χ1) is 10.2. The van der Waals surface area contributed by atoms with Crippen LogP contribution in [-0.2, 0) is 15.6 Å². The number of halogens is 1. The Labute approximate surface area is 138 Å². The van der Waals surface area contributed by atoms with E-state index in [2.05, 4.69) is 21.2 Å². The first-order valence-corrected chi connectivity index (χ1v) is 9.44. The van der Waals surface area contributed by atoms with Crippen molar-refractivity contribution in [3.63, 3.8) is 0 Å². The summed E-state index contributed by atoms with van der Waals surface area (Å²) in [5, 5.41) is 2.82. The zero-order valence-corrected chi connectivity index (χ0v) is 14.7. The molecule has 0 aromatic heterocycles. The molecule has 0 saturated carbocycles. The fourth-order valence-corrected chi connectivity index (χ4v) is 3.36. The molecule has 0 atom stereocenters. The number of benzene rings is 2. The molecule has 0 unspecified atom stereocenters. The molecular formula is C16H16BrNO3S. The molecule has 22 heavy (non-hydrogen) atoms. The molecule has 0 aliphatic carbocycles. The minimum atomic E-state index is -3.08. The summed E-state index contributed by atoms with van der Waals surface area (Å²) >= 11 is 3.41. The molecule has 2 aromatic rings. The Balaban J connectivity index is 2.13. The third-order valence-electron chi connectivity index (χ3n) is 3.02. The van der Waals surface area contributed by atoms with Crippen molar-refractivity contribution in [1.29, 1.82) is 0 Å². The second-order valence-electron chi connectivity index (χ2n) is 5.20. The van der Waals surface area contributed by atoms with E-state index in [1.54, 1.807) is 24.3 Å². The van der Waals surface area contributed by atoms with Gasteiger partial charge in [-0.15, -0.1) is 0 Å². The van der Waals surface area contributed by atoms with Gasteiger partial charge in [0.25, 0.3) is 5.91 Å². The zero-order valence-electron chi connectivity index (χ0n) is 12.3. The van der Waals surface area contributed by atoms with Gasteiger partial charge in [-0.1, -0.05) is 18.2 Å². The average molecular weight is 382 g/mol. The Hall–Kier alpha value is -1.66. The average Bonchev–Trinajstić information content (AvgIpc) is 2.41. The van der Waals surface area contributed by atoms with Gasteiger partial charge in [0.15, 0.2) is 9.84 Å². The molecule has 0 bridgehead atoms. The van der Waals surface area contributed by atoms with Crippen LogP contribution in [-0.4, -0.2) is 20.6 Å². The van der Waals surface area contributed by atoms with E-state index < -0.39 is 9.84 Å². The molecule has 116 valence electrons. The van der Waals surface area contributed by atoms with E-state index in [1.807, 2.05) is 25.1 Å². The van der Waals surface area contributed by atoms with Crippen molar-refractivity contribution in [2.75, 3.05) is 11.6 Å². The Morgan fingerprint density at radius 3 is 2.32 bits per heavy atom. The van der Waals surface area contributed by atoms with Gasteiger partial charge in [0.05, 0.1) is 11.4 Å². The fourth-order valence-electron chi connectivity index (χ4n) is 1.97. The number of carbonyl (C=O) groups is 1. The second-order valence-corrected chi connectivity index (χ2v) is 8.20. The smallest absolute Gasteiger partial charge is 0.255 e. The van der Waals surface area contributed by atoms with Gasteiger partial charge in [-0.3, -0.25) is 4.79 Å². The van der Waals surface area contributed by atoms with Crippen LogP contribution >= 0.6 is 15.9 Å². The normalized spacial score (nSPS) is 11.2. The fraction of sp³-hybridized carbons (Fsp3) is 0.188. The van der Waals surface area contributed by atoms with Crippen molar-refractivity contribution in [1.82, 2.24) is 0 Å². The number of amides is 1. The van der Waals surface area contributed by atoms with Gasteiger partial charge in [0.1, 0.15) is 0 Å². The van der Waals surface area contributed by atoms with Crippen LogP contribution in [0.2, 0.25) is 0 Å². The summed E-state index contributed by atoms with van der Waals surface area (Å²) in [6.45, 7) is 1.97. The molecule has 6 heteroatoms. The maximum absolute atomic E-state index is 12.2. The van der Waals surface area contributed by atoms with Crippen molar-refractivity contribution in [3.05, 3.63) is 63.6 Å².